The molecule has 0 unspecified atom stereocenters. The molecule has 3 aromatic rings. The number of hydroxylamine groups is 1. The largest absolute Gasteiger partial charge is 0.326 e. The summed E-state index contributed by atoms with van der Waals surface area (Å²) >= 11 is 13.0. The number of carbonyl (C=O) groups is 2. The Morgan fingerprint density at radius 2 is 1.85 bits per heavy atom. The van der Waals surface area contributed by atoms with Crippen LogP contribution in [-0.4, -0.2) is 48.5 Å². The molecule has 1 aliphatic heterocycles. The maximum Gasteiger partial charge on any atom is 0.255 e. The van der Waals surface area contributed by atoms with E-state index in [4.69, 9.17) is 28.0 Å². The molecule has 1 aliphatic carbocycles. The second kappa shape index (κ2) is 12.5. The van der Waals surface area contributed by atoms with Gasteiger partial charge in [-0.05, 0) is 53.8 Å². The summed E-state index contributed by atoms with van der Waals surface area (Å²) in [5, 5.41) is 0.695. The van der Waals surface area contributed by atoms with E-state index in [0.29, 0.717) is 34.6 Å². The highest BCUT2D eigenvalue weighted by Gasteiger charge is 2.49. The molecule has 2 heterocycles. The molecule has 0 radical (unpaired) electrons. The first-order valence-electron chi connectivity index (χ1n) is 13.3. The Hall–Kier alpha value is -3.02. The number of hydrogen-bond acceptors (Lipinski definition) is 6. The van der Waals surface area contributed by atoms with Gasteiger partial charge in [-0.25, -0.2) is 18.6 Å². The zero-order valence-corrected chi connectivity index (χ0v) is 24.6. The van der Waals surface area contributed by atoms with Gasteiger partial charge in [-0.3, -0.25) is 19.4 Å². The van der Waals surface area contributed by atoms with Crippen molar-refractivity contribution in [2.75, 3.05) is 6.26 Å². The Morgan fingerprint density at radius 3 is 2.59 bits per heavy atom. The van der Waals surface area contributed by atoms with Crippen LogP contribution >= 0.6 is 23.2 Å². The van der Waals surface area contributed by atoms with Gasteiger partial charge < -0.3 is 4.90 Å². The Labute approximate surface area is 249 Å². The number of fused-ring (bicyclic) bond motifs is 1. The van der Waals surface area contributed by atoms with Crippen LogP contribution in [0.25, 0.3) is 0 Å². The molecule has 0 saturated heterocycles. The number of carbonyl (C=O) groups excluding carboxylic acids is 2. The number of pyridine rings is 1. The van der Waals surface area contributed by atoms with Crippen molar-refractivity contribution < 1.29 is 22.8 Å². The molecule has 216 valence electrons. The third-order valence-corrected chi connectivity index (χ3v) is 8.82. The van der Waals surface area contributed by atoms with Gasteiger partial charge in [0.1, 0.15) is 6.61 Å². The second-order valence-electron chi connectivity index (χ2n) is 10.4. The average Bonchev–Trinajstić information content (AvgIpc) is 2.93. The normalized spacial score (nSPS) is 22.7. The highest BCUT2D eigenvalue weighted by molar-refractivity contribution is 7.88. The summed E-state index contributed by atoms with van der Waals surface area (Å²) in [7, 11) is -3.57. The zero-order chi connectivity index (χ0) is 29.1. The molecule has 0 bridgehead atoms. The van der Waals surface area contributed by atoms with Crippen molar-refractivity contribution in [3.63, 3.8) is 0 Å². The summed E-state index contributed by atoms with van der Waals surface area (Å²) in [4.78, 5) is 39.5. The number of sulfonamides is 1. The van der Waals surface area contributed by atoms with Crippen LogP contribution in [-0.2, 0) is 26.3 Å². The summed E-state index contributed by atoms with van der Waals surface area (Å²) in [5.41, 5.74) is 4.75. The first-order valence-corrected chi connectivity index (χ1v) is 15.9. The van der Waals surface area contributed by atoms with E-state index in [1.54, 1.807) is 65.8 Å². The van der Waals surface area contributed by atoms with Crippen molar-refractivity contribution in [3.05, 3.63) is 99.3 Å². The number of nitrogens with one attached hydrogen (secondary N) is 2. The third kappa shape index (κ3) is 6.57. The standard InChI is InChI=1S/C29H30Cl2N4O5S/c1-41(38,39)34-24-10-4-5-11-25(24)35-27(22-13-12-19(30)15-23(22)31)26(20-8-2-3-9-21(20)29(35)37)28(36)33-40-17-18-7-6-14-32-16-18/h2-3,6-9,12-16,24-27,34H,4-5,10-11,17H2,1H3,(H,33,36)/t24-,25-,26+,27-/m0/s1. The topological polar surface area (TPSA) is 118 Å². The Morgan fingerprint density at radius 1 is 1.07 bits per heavy atom. The van der Waals surface area contributed by atoms with Gasteiger partial charge in [-0.1, -0.05) is 66.4 Å². The fourth-order valence-corrected chi connectivity index (χ4v) is 7.21. The lowest BCUT2D eigenvalue weighted by Crippen LogP contribution is -2.59. The molecular weight excluding hydrogens is 587 g/mol. The maximum absolute atomic E-state index is 14.3. The number of nitrogens with zero attached hydrogens (tertiary/aromatic N) is 2. The van der Waals surface area contributed by atoms with Crippen LogP contribution in [0.4, 0.5) is 0 Å². The van der Waals surface area contributed by atoms with Crippen molar-refractivity contribution in [2.24, 2.45) is 0 Å². The number of hydrogen-bond donors (Lipinski definition) is 2. The van der Waals surface area contributed by atoms with E-state index in [-0.39, 0.29) is 17.5 Å². The molecule has 2 N–H and O–H groups in total. The molecule has 0 spiro atoms. The molecule has 5 rings (SSSR count). The lowest BCUT2D eigenvalue weighted by molar-refractivity contribution is -0.138. The van der Waals surface area contributed by atoms with Crippen molar-refractivity contribution in [1.29, 1.82) is 0 Å². The first kappa shape index (κ1) is 29.5. The molecule has 1 saturated carbocycles. The number of aromatic nitrogens is 1. The van der Waals surface area contributed by atoms with E-state index in [9.17, 15) is 18.0 Å². The van der Waals surface area contributed by atoms with E-state index in [2.05, 4.69) is 15.2 Å². The van der Waals surface area contributed by atoms with Crippen LogP contribution in [0, 0.1) is 0 Å². The monoisotopic (exact) mass is 616 g/mol. The highest BCUT2D eigenvalue weighted by Crippen LogP contribution is 2.47. The van der Waals surface area contributed by atoms with Gasteiger partial charge in [0, 0.05) is 40.1 Å². The minimum atomic E-state index is -3.57. The maximum atomic E-state index is 14.3. The van der Waals surface area contributed by atoms with Crippen LogP contribution < -0.4 is 10.2 Å². The van der Waals surface area contributed by atoms with Gasteiger partial charge in [-0.15, -0.1) is 0 Å². The van der Waals surface area contributed by atoms with Crippen LogP contribution in [0.2, 0.25) is 10.0 Å². The van der Waals surface area contributed by atoms with Gasteiger partial charge in [-0.2, -0.15) is 0 Å². The van der Waals surface area contributed by atoms with E-state index in [1.165, 1.54) is 0 Å². The molecule has 9 nitrogen and oxygen atoms in total. The number of halogens is 2. The lowest BCUT2D eigenvalue weighted by Gasteiger charge is -2.49. The molecule has 1 fully saturated rings. The summed E-state index contributed by atoms with van der Waals surface area (Å²) in [6, 6.07) is 13.6. The first-order chi connectivity index (χ1) is 19.6. The van der Waals surface area contributed by atoms with E-state index < -0.39 is 40.0 Å². The summed E-state index contributed by atoms with van der Waals surface area (Å²) in [5.74, 6) is -1.69. The highest BCUT2D eigenvalue weighted by atomic mass is 35.5. The summed E-state index contributed by atoms with van der Waals surface area (Å²) in [6.45, 7) is 0.0892. The number of amides is 2. The molecule has 2 aromatic carbocycles. The van der Waals surface area contributed by atoms with Crippen molar-refractivity contribution in [3.8, 4) is 0 Å². The lowest BCUT2D eigenvalue weighted by atomic mass is 9.76. The summed E-state index contributed by atoms with van der Waals surface area (Å²) < 4.78 is 27.4. The van der Waals surface area contributed by atoms with Gasteiger partial charge in [0.25, 0.3) is 11.8 Å². The SMILES string of the molecule is CS(=O)(=O)N[C@H]1CCCC[C@@H]1N1C(=O)c2ccccc2[C@@H](C(=O)NOCc2cccnc2)[C@@H]1c1ccc(Cl)cc1Cl. The van der Waals surface area contributed by atoms with Gasteiger partial charge in [0.15, 0.2) is 0 Å². The van der Waals surface area contributed by atoms with Crippen LogP contribution in [0.15, 0.2) is 67.0 Å². The molecule has 2 amide bonds. The summed E-state index contributed by atoms with van der Waals surface area (Å²) in [6.07, 6.45) is 7.09. The Balaban J connectivity index is 1.60. The van der Waals surface area contributed by atoms with E-state index >= 15 is 0 Å². The smallest absolute Gasteiger partial charge is 0.255 e. The van der Waals surface area contributed by atoms with Gasteiger partial charge in [0.05, 0.1) is 18.2 Å². The van der Waals surface area contributed by atoms with Crippen molar-refractivity contribution >= 4 is 45.0 Å². The van der Waals surface area contributed by atoms with Crippen molar-refractivity contribution in [2.45, 2.75) is 56.3 Å². The van der Waals surface area contributed by atoms with Gasteiger partial charge >= 0.3 is 0 Å². The number of benzene rings is 2. The van der Waals surface area contributed by atoms with E-state index in [1.807, 2.05) is 6.07 Å². The van der Waals surface area contributed by atoms with E-state index in [0.717, 1.165) is 24.7 Å². The predicted molar refractivity (Wildman–Crippen MR) is 156 cm³/mol. The second-order valence-corrected chi connectivity index (χ2v) is 13.0. The third-order valence-electron chi connectivity index (χ3n) is 7.53. The Bertz CT molecular complexity index is 1540. The minimum absolute atomic E-state index is 0.0892. The molecule has 4 atom stereocenters. The fourth-order valence-electron chi connectivity index (χ4n) is 5.87. The molecule has 41 heavy (non-hydrogen) atoms. The minimum Gasteiger partial charge on any atom is -0.326 e. The average molecular weight is 618 g/mol. The predicted octanol–water partition coefficient (Wildman–Crippen LogP) is 4.78. The molecular formula is C29H30Cl2N4O5S. The number of rotatable bonds is 8. The zero-order valence-electron chi connectivity index (χ0n) is 22.3. The molecule has 1 aromatic heterocycles. The van der Waals surface area contributed by atoms with Crippen LogP contribution in [0.1, 0.15) is 64.7 Å². The fraction of sp³-hybridized carbons (Fsp3) is 0.345. The quantitative estimate of drug-likeness (QED) is 0.352. The van der Waals surface area contributed by atoms with Crippen molar-refractivity contribution in [1.82, 2.24) is 20.1 Å². The Kier molecular flexibility index (Phi) is 8.96. The molecule has 12 heteroatoms. The van der Waals surface area contributed by atoms with Crippen LogP contribution in [0.3, 0.4) is 0 Å². The van der Waals surface area contributed by atoms with Gasteiger partial charge in [0.2, 0.25) is 10.0 Å². The molecule has 2 aliphatic rings. The van der Waals surface area contributed by atoms with Crippen LogP contribution in [0.5, 0.6) is 0 Å².